The fraction of sp³-hybridized carbons (Fsp3) is 0.571. The third-order valence-corrected chi connectivity index (χ3v) is 11.3. The van der Waals surface area contributed by atoms with Gasteiger partial charge in [0.2, 0.25) is 0 Å². The zero-order valence-electron chi connectivity index (χ0n) is 17.8. The summed E-state index contributed by atoms with van der Waals surface area (Å²) in [5.74, 6) is 0. The number of fused-ring (bicyclic) bond motifs is 1. The van der Waals surface area contributed by atoms with Crippen LogP contribution in [0.15, 0.2) is 28.9 Å². The molecule has 0 saturated heterocycles. The molecule has 1 saturated carbocycles. The van der Waals surface area contributed by atoms with E-state index in [0.717, 1.165) is 41.1 Å². The van der Waals surface area contributed by atoms with E-state index >= 15 is 0 Å². The summed E-state index contributed by atoms with van der Waals surface area (Å²) in [5, 5.41) is 16.0. The number of benzene rings is 1. The van der Waals surface area contributed by atoms with Gasteiger partial charge in [-0.2, -0.15) is 0 Å². The van der Waals surface area contributed by atoms with Gasteiger partial charge in [0.1, 0.15) is 11.9 Å². The van der Waals surface area contributed by atoms with E-state index in [4.69, 9.17) is 4.43 Å². The van der Waals surface area contributed by atoms with E-state index in [1.807, 2.05) is 18.2 Å². The normalized spacial score (nSPS) is 20.6. The lowest BCUT2D eigenvalue weighted by Gasteiger charge is -2.41. The van der Waals surface area contributed by atoms with Gasteiger partial charge >= 0.3 is 5.69 Å². The van der Waals surface area contributed by atoms with Gasteiger partial charge in [0, 0.05) is 22.0 Å². The van der Waals surface area contributed by atoms with Crippen LogP contribution in [0, 0.1) is 10.1 Å². The molecule has 1 aromatic heterocycles. The molecule has 1 N–H and O–H groups in total. The number of hydrogen-bond acceptors (Lipinski definition) is 5. The highest BCUT2D eigenvalue weighted by molar-refractivity contribution is 9.10. The highest BCUT2D eigenvalue weighted by atomic mass is 79.9. The number of nitrogens with zero attached hydrogens (tertiary/aromatic N) is 2. The van der Waals surface area contributed by atoms with Crippen molar-refractivity contribution >= 4 is 46.5 Å². The minimum absolute atomic E-state index is 0.0234. The molecular weight excluding hydrogens is 450 g/mol. The van der Waals surface area contributed by atoms with E-state index in [9.17, 15) is 10.1 Å². The van der Waals surface area contributed by atoms with Gasteiger partial charge in [0.05, 0.1) is 10.4 Å². The van der Waals surface area contributed by atoms with Crippen LogP contribution in [0.2, 0.25) is 18.1 Å². The topological polar surface area (TPSA) is 77.3 Å². The third-order valence-electron chi connectivity index (χ3n) is 6.30. The van der Waals surface area contributed by atoms with Gasteiger partial charge in [-0.3, -0.25) is 10.1 Å². The summed E-state index contributed by atoms with van der Waals surface area (Å²) in [5.41, 5.74) is 1.33. The van der Waals surface area contributed by atoms with Crippen LogP contribution in [0.1, 0.15) is 46.5 Å². The van der Waals surface area contributed by atoms with Gasteiger partial charge in [-0.25, -0.2) is 4.98 Å². The van der Waals surface area contributed by atoms with Crippen LogP contribution < -0.4 is 5.32 Å². The van der Waals surface area contributed by atoms with Crippen LogP contribution in [-0.4, -0.2) is 30.4 Å². The average molecular weight is 480 g/mol. The lowest BCUT2D eigenvalue weighted by molar-refractivity contribution is -0.384. The van der Waals surface area contributed by atoms with Gasteiger partial charge in [-0.1, -0.05) is 36.7 Å². The molecular formula is C21H30BrN3O3Si. The first-order chi connectivity index (χ1) is 13.5. The van der Waals surface area contributed by atoms with Crippen molar-refractivity contribution in [1.29, 1.82) is 0 Å². The van der Waals surface area contributed by atoms with Crippen molar-refractivity contribution < 1.29 is 9.35 Å². The maximum Gasteiger partial charge on any atom is 0.311 e. The molecule has 0 spiro atoms. The molecule has 0 unspecified atom stereocenters. The Hall–Kier alpha value is -1.51. The van der Waals surface area contributed by atoms with E-state index in [1.54, 1.807) is 0 Å². The lowest BCUT2D eigenvalue weighted by Crippen LogP contribution is -2.45. The highest BCUT2D eigenvalue weighted by Gasteiger charge is 2.40. The maximum absolute atomic E-state index is 11.6. The van der Waals surface area contributed by atoms with Gasteiger partial charge in [-0.15, -0.1) is 0 Å². The molecule has 1 aliphatic rings. The van der Waals surface area contributed by atoms with Crippen LogP contribution in [0.3, 0.4) is 0 Å². The first kappa shape index (κ1) is 22.2. The Morgan fingerprint density at radius 2 is 1.90 bits per heavy atom. The molecule has 8 heteroatoms. The highest BCUT2D eigenvalue weighted by Crippen LogP contribution is 2.40. The molecule has 2 aromatic rings. The first-order valence-electron chi connectivity index (χ1n) is 10.1. The number of pyridine rings is 1. The Kier molecular flexibility index (Phi) is 6.36. The molecule has 0 aliphatic heterocycles. The minimum Gasteiger partial charge on any atom is -0.414 e. The number of rotatable bonds is 5. The minimum atomic E-state index is -1.78. The second-order valence-electron chi connectivity index (χ2n) is 9.43. The predicted molar refractivity (Wildman–Crippen MR) is 124 cm³/mol. The van der Waals surface area contributed by atoms with Crippen molar-refractivity contribution in [2.75, 3.05) is 5.32 Å². The van der Waals surface area contributed by atoms with Gasteiger partial charge in [0.25, 0.3) is 0 Å². The number of halogens is 1. The van der Waals surface area contributed by atoms with Crippen LogP contribution in [0.4, 0.5) is 11.4 Å². The average Bonchev–Trinajstić information content (AvgIpc) is 2.62. The summed E-state index contributed by atoms with van der Waals surface area (Å²) in [6.07, 6.45) is 5.47. The summed E-state index contributed by atoms with van der Waals surface area (Å²) in [4.78, 5) is 15.5. The monoisotopic (exact) mass is 479 g/mol. The summed E-state index contributed by atoms with van der Waals surface area (Å²) < 4.78 is 7.45. The van der Waals surface area contributed by atoms with E-state index in [0.29, 0.717) is 5.69 Å². The van der Waals surface area contributed by atoms with Crippen molar-refractivity contribution in [2.24, 2.45) is 0 Å². The summed E-state index contributed by atoms with van der Waals surface area (Å²) in [7, 11) is -1.78. The van der Waals surface area contributed by atoms with Crippen molar-refractivity contribution in [1.82, 2.24) is 4.98 Å². The number of anilines is 1. The van der Waals surface area contributed by atoms with Gasteiger partial charge in [0.15, 0.2) is 8.32 Å². The van der Waals surface area contributed by atoms with Crippen molar-refractivity contribution in [3.05, 3.63) is 39.0 Å². The fourth-order valence-corrected chi connectivity index (χ4v) is 5.35. The maximum atomic E-state index is 11.6. The molecule has 0 radical (unpaired) electrons. The Labute approximate surface area is 181 Å². The zero-order chi connectivity index (χ0) is 21.4. The summed E-state index contributed by atoms with van der Waals surface area (Å²) in [6, 6.07) is 5.86. The lowest BCUT2D eigenvalue weighted by atomic mass is 9.93. The van der Waals surface area contributed by atoms with Crippen LogP contribution in [0.25, 0.3) is 10.9 Å². The third kappa shape index (κ3) is 4.98. The van der Waals surface area contributed by atoms with E-state index in [1.165, 1.54) is 6.20 Å². The molecule has 1 fully saturated rings. The van der Waals surface area contributed by atoms with Crippen LogP contribution in [-0.2, 0) is 4.43 Å². The van der Waals surface area contributed by atoms with Gasteiger partial charge < -0.3 is 9.74 Å². The number of nitrogens with one attached hydrogen (secondary N) is 1. The van der Waals surface area contributed by atoms with Crippen molar-refractivity contribution in [2.45, 2.75) is 76.7 Å². The van der Waals surface area contributed by atoms with Crippen LogP contribution in [0.5, 0.6) is 0 Å². The molecule has 0 amide bonds. The summed E-state index contributed by atoms with van der Waals surface area (Å²) in [6.45, 7) is 11.4. The zero-order valence-corrected chi connectivity index (χ0v) is 20.4. The number of hydrogen-bond donors (Lipinski definition) is 1. The molecule has 158 valence electrons. The Bertz CT molecular complexity index is 906. The second-order valence-corrected chi connectivity index (χ2v) is 15.1. The quantitative estimate of drug-likeness (QED) is 0.295. The fourth-order valence-electron chi connectivity index (χ4n) is 3.57. The Morgan fingerprint density at radius 1 is 1.24 bits per heavy atom. The molecule has 29 heavy (non-hydrogen) atoms. The van der Waals surface area contributed by atoms with Crippen LogP contribution >= 0.6 is 15.9 Å². The van der Waals surface area contributed by atoms with Gasteiger partial charge in [-0.05, 0) is 62.0 Å². The SMILES string of the molecule is CC(C)(C)[Si](C)(C)O[C@H]1CC[C@H](Nc2c([N+](=O)[O-])cnc3ccc(Br)cc23)CC1. The predicted octanol–water partition coefficient (Wildman–Crippen LogP) is 6.65. The molecule has 1 aliphatic carbocycles. The Morgan fingerprint density at radius 3 is 2.48 bits per heavy atom. The molecule has 3 rings (SSSR count). The number of nitro groups is 1. The molecule has 1 aromatic carbocycles. The van der Waals surface area contributed by atoms with Crippen molar-refractivity contribution in [3.8, 4) is 0 Å². The standard InChI is InChI=1S/C21H30BrN3O3Si/c1-21(2,3)29(4,5)28-16-9-7-15(8-10-16)24-20-17-12-14(22)6-11-18(17)23-13-19(20)25(26)27/h6,11-13,15-16H,7-10H2,1-5H3,(H,23,24)/t15-,16-. The summed E-state index contributed by atoms with van der Waals surface area (Å²) >= 11 is 3.47. The van der Waals surface area contributed by atoms with E-state index in [2.05, 4.69) is 60.1 Å². The molecule has 0 atom stereocenters. The molecule has 0 bridgehead atoms. The number of aromatic nitrogens is 1. The van der Waals surface area contributed by atoms with E-state index in [-0.39, 0.29) is 27.8 Å². The van der Waals surface area contributed by atoms with E-state index < -0.39 is 8.32 Å². The largest absolute Gasteiger partial charge is 0.414 e. The smallest absolute Gasteiger partial charge is 0.311 e. The first-order valence-corrected chi connectivity index (χ1v) is 13.8. The molecule has 6 nitrogen and oxygen atoms in total. The van der Waals surface area contributed by atoms with Crippen molar-refractivity contribution in [3.63, 3.8) is 0 Å². The Balaban J connectivity index is 1.75. The second kappa shape index (κ2) is 8.32. The molecule has 1 heterocycles.